The van der Waals surface area contributed by atoms with Crippen LogP contribution in [0.25, 0.3) is 0 Å². The van der Waals surface area contributed by atoms with Gasteiger partial charge in [0.25, 0.3) is 0 Å². The van der Waals surface area contributed by atoms with Crippen LogP contribution in [0.2, 0.25) is 0 Å². The van der Waals surface area contributed by atoms with Gasteiger partial charge in [-0.2, -0.15) is 0 Å². The molecule has 0 radical (unpaired) electrons. The number of nitrogens with one attached hydrogen (secondary N) is 1. The maximum Gasteiger partial charge on any atom is 0.00927 e. The number of hydrogen-bond donors (Lipinski definition) is 1. The van der Waals surface area contributed by atoms with Crippen LogP contribution in [0.5, 0.6) is 0 Å². The highest BCUT2D eigenvalue weighted by atomic mass is 15.2. The molecule has 2 atom stereocenters. The van der Waals surface area contributed by atoms with Crippen molar-refractivity contribution >= 4 is 0 Å². The summed E-state index contributed by atoms with van der Waals surface area (Å²) < 4.78 is 0. The van der Waals surface area contributed by atoms with Crippen molar-refractivity contribution in [3.8, 4) is 0 Å². The van der Waals surface area contributed by atoms with Crippen LogP contribution in [-0.2, 0) is 0 Å². The maximum atomic E-state index is 3.48. The van der Waals surface area contributed by atoms with Gasteiger partial charge in [-0.3, -0.25) is 4.90 Å². The van der Waals surface area contributed by atoms with E-state index in [1.54, 1.807) is 0 Å². The molecule has 2 saturated heterocycles. The van der Waals surface area contributed by atoms with Crippen molar-refractivity contribution in [3.63, 3.8) is 0 Å². The van der Waals surface area contributed by atoms with Crippen molar-refractivity contribution in [1.82, 2.24) is 10.2 Å². The Kier molecular flexibility index (Phi) is 3.91. The molecular weight excluding hydrogens is 196 g/mol. The second-order valence-electron chi connectivity index (χ2n) is 6.39. The minimum Gasteiger partial charge on any atom is -0.317 e. The summed E-state index contributed by atoms with van der Waals surface area (Å²) in [6.45, 7) is 12.4. The van der Waals surface area contributed by atoms with E-state index in [1.165, 1.54) is 51.9 Å². The largest absolute Gasteiger partial charge is 0.317 e. The van der Waals surface area contributed by atoms with E-state index in [2.05, 4.69) is 31.0 Å². The molecule has 0 aliphatic carbocycles. The molecule has 2 nitrogen and oxygen atoms in total. The van der Waals surface area contributed by atoms with Crippen molar-refractivity contribution < 1.29 is 0 Å². The van der Waals surface area contributed by atoms with Crippen molar-refractivity contribution in [2.45, 2.75) is 52.5 Å². The molecule has 0 aromatic heterocycles. The predicted octanol–water partition coefficient (Wildman–Crippen LogP) is 2.50. The lowest BCUT2D eigenvalue weighted by Crippen LogP contribution is -2.49. The van der Waals surface area contributed by atoms with Crippen LogP contribution < -0.4 is 5.32 Å². The lowest BCUT2D eigenvalue weighted by atomic mass is 9.79. The zero-order valence-corrected chi connectivity index (χ0v) is 11.3. The summed E-state index contributed by atoms with van der Waals surface area (Å²) in [5.74, 6) is 0.888. The highest BCUT2D eigenvalue weighted by Crippen LogP contribution is 2.32. The van der Waals surface area contributed by atoms with Gasteiger partial charge in [-0.1, -0.05) is 13.8 Å². The number of piperidine rings is 2. The topological polar surface area (TPSA) is 15.3 Å². The van der Waals surface area contributed by atoms with Gasteiger partial charge in [0.1, 0.15) is 0 Å². The maximum absolute atomic E-state index is 3.48. The summed E-state index contributed by atoms with van der Waals surface area (Å²) in [5.41, 5.74) is 0.566. The third kappa shape index (κ3) is 2.78. The molecule has 2 aliphatic heterocycles. The molecule has 2 heterocycles. The summed E-state index contributed by atoms with van der Waals surface area (Å²) in [6, 6.07) is 0.792. The first-order valence-corrected chi connectivity index (χ1v) is 7.05. The molecule has 2 fully saturated rings. The first-order valence-electron chi connectivity index (χ1n) is 7.05. The molecule has 16 heavy (non-hydrogen) atoms. The van der Waals surface area contributed by atoms with Crippen molar-refractivity contribution in [3.05, 3.63) is 0 Å². The normalized spacial score (nSPS) is 36.2. The fourth-order valence-corrected chi connectivity index (χ4v) is 3.32. The predicted molar refractivity (Wildman–Crippen MR) is 69.6 cm³/mol. The van der Waals surface area contributed by atoms with Crippen molar-refractivity contribution in [2.75, 3.05) is 26.2 Å². The van der Waals surface area contributed by atoms with Gasteiger partial charge in [-0.05, 0) is 63.6 Å². The third-order valence-corrected chi connectivity index (χ3v) is 4.90. The van der Waals surface area contributed by atoms with E-state index < -0.39 is 0 Å². The van der Waals surface area contributed by atoms with E-state index in [0.717, 1.165) is 12.0 Å². The quantitative estimate of drug-likeness (QED) is 0.775. The fourth-order valence-electron chi connectivity index (χ4n) is 3.32. The minimum atomic E-state index is 0.566. The highest BCUT2D eigenvalue weighted by Gasteiger charge is 2.33. The van der Waals surface area contributed by atoms with Gasteiger partial charge >= 0.3 is 0 Å². The summed E-state index contributed by atoms with van der Waals surface area (Å²) in [4.78, 5) is 2.75. The van der Waals surface area contributed by atoms with Gasteiger partial charge < -0.3 is 5.32 Å². The fraction of sp³-hybridized carbons (Fsp3) is 1.00. The molecule has 0 saturated carbocycles. The van der Waals surface area contributed by atoms with E-state index in [0.29, 0.717) is 5.41 Å². The van der Waals surface area contributed by atoms with Crippen molar-refractivity contribution in [2.24, 2.45) is 11.3 Å². The molecular formula is C14H28N2. The van der Waals surface area contributed by atoms with E-state index in [1.807, 2.05) is 0 Å². The Hall–Kier alpha value is -0.0800. The Morgan fingerprint density at radius 1 is 1.25 bits per heavy atom. The van der Waals surface area contributed by atoms with Gasteiger partial charge in [-0.25, -0.2) is 0 Å². The van der Waals surface area contributed by atoms with Gasteiger partial charge in [0, 0.05) is 12.6 Å². The number of likely N-dealkylation sites (tertiary alicyclic amines) is 1. The molecule has 2 rings (SSSR count). The minimum absolute atomic E-state index is 0.566. The highest BCUT2D eigenvalue weighted by molar-refractivity contribution is 4.87. The second-order valence-corrected chi connectivity index (χ2v) is 6.39. The molecule has 2 unspecified atom stereocenters. The molecule has 0 amide bonds. The lowest BCUT2D eigenvalue weighted by molar-refractivity contribution is 0.0522. The molecule has 0 aromatic carbocycles. The van der Waals surface area contributed by atoms with Crippen LogP contribution in [0, 0.1) is 11.3 Å². The van der Waals surface area contributed by atoms with Crippen LogP contribution >= 0.6 is 0 Å². The lowest BCUT2D eigenvalue weighted by Gasteiger charge is -2.44. The van der Waals surface area contributed by atoms with Crippen LogP contribution in [0.1, 0.15) is 46.5 Å². The molecule has 0 bridgehead atoms. The average molecular weight is 224 g/mol. The van der Waals surface area contributed by atoms with Gasteiger partial charge in [0.05, 0.1) is 0 Å². The van der Waals surface area contributed by atoms with Crippen LogP contribution in [0.15, 0.2) is 0 Å². The van der Waals surface area contributed by atoms with Crippen LogP contribution in [0.3, 0.4) is 0 Å². The zero-order chi connectivity index (χ0) is 11.6. The van der Waals surface area contributed by atoms with E-state index in [-0.39, 0.29) is 0 Å². The first kappa shape index (κ1) is 12.4. The standard InChI is InChI=1S/C14H28N2/c1-12-5-4-10-16(13(12)2)11-14(3)6-8-15-9-7-14/h12-13,15H,4-11H2,1-3H3. The summed E-state index contributed by atoms with van der Waals surface area (Å²) in [7, 11) is 0. The number of rotatable bonds is 2. The Balaban J connectivity index is 1.92. The molecule has 2 aliphatic rings. The second kappa shape index (κ2) is 5.05. The monoisotopic (exact) mass is 224 g/mol. The van der Waals surface area contributed by atoms with Crippen LogP contribution in [0.4, 0.5) is 0 Å². The average Bonchev–Trinajstić information content (AvgIpc) is 2.26. The van der Waals surface area contributed by atoms with Crippen molar-refractivity contribution in [1.29, 1.82) is 0 Å². The summed E-state index contributed by atoms with van der Waals surface area (Å²) in [6.07, 6.45) is 5.53. The number of hydrogen-bond acceptors (Lipinski definition) is 2. The molecule has 94 valence electrons. The third-order valence-electron chi connectivity index (χ3n) is 4.90. The van der Waals surface area contributed by atoms with E-state index in [9.17, 15) is 0 Å². The van der Waals surface area contributed by atoms with Gasteiger partial charge in [-0.15, -0.1) is 0 Å². The smallest absolute Gasteiger partial charge is 0.00927 e. The van der Waals surface area contributed by atoms with E-state index >= 15 is 0 Å². The van der Waals surface area contributed by atoms with Gasteiger partial charge in [0.2, 0.25) is 0 Å². The SMILES string of the molecule is CC1CCCN(CC2(C)CCNCC2)C1C. The Labute approximate surface area is 101 Å². The first-order chi connectivity index (χ1) is 7.61. The van der Waals surface area contributed by atoms with Gasteiger partial charge in [0.15, 0.2) is 0 Å². The van der Waals surface area contributed by atoms with E-state index in [4.69, 9.17) is 0 Å². The number of nitrogens with zero attached hydrogens (tertiary/aromatic N) is 1. The zero-order valence-electron chi connectivity index (χ0n) is 11.3. The Morgan fingerprint density at radius 3 is 2.62 bits per heavy atom. The Morgan fingerprint density at radius 2 is 1.94 bits per heavy atom. The molecule has 0 spiro atoms. The van der Waals surface area contributed by atoms with Crippen LogP contribution in [-0.4, -0.2) is 37.1 Å². The molecule has 0 aromatic rings. The summed E-state index contributed by atoms with van der Waals surface area (Å²) in [5, 5.41) is 3.48. The summed E-state index contributed by atoms with van der Waals surface area (Å²) >= 11 is 0. The molecule has 1 N–H and O–H groups in total. The Bertz CT molecular complexity index is 221. The molecule has 2 heteroatoms.